The van der Waals surface area contributed by atoms with Crippen LogP contribution in [0, 0.1) is 0 Å². The Morgan fingerprint density at radius 1 is 1.04 bits per heavy atom. The number of benzene rings is 2. The van der Waals surface area contributed by atoms with Crippen LogP contribution >= 0.6 is 0 Å². The zero-order chi connectivity index (χ0) is 19.7. The summed E-state index contributed by atoms with van der Waals surface area (Å²) in [7, 11) is 0. The number of anilines is 1. The Labute approximate surface area is 158 Å². The summed E-state index contributed by atoms with van der Waals surface area (Å²) >= 11 is 0. The molecule has 0 saturated heterocycles. The van der Waals surface area contributed by atoms with Crippen LogP contribution in [0.25, 0.3) is 10.9 Å². The third-order valence-corrected chi connectivity index (χ3v) is 4.15. The second kappa shape index (κ2) is 6.99. The fourth-order valence-electron chi connectivity index (χ4n) is 2.76. The Morgan fingerprint density at radius 2 is 1.79 bits per heavy atom. The highest BCUT2D eigenvalue weighted by molar-refractivity contribution is 6.00. The summed E-state index contributed by atoms with van der Waals surface area (Å²) in [6.45, 7) is 2.67. The van der Waals surface area contributed by atoms with E-state index in [1.165, 1.54) is 6.07 Å². The fourth-order valence-corrected chi connectivity index (χ4v) is 2.76. The second-order valence-corrected chi connectivity index (χ2v) is 6.08. The summed E-state index contributed by atoms with van der Waals surface area (Å²) in [6, 6.07) is 11.8. The van der Waals surface area contributed by atoms with Crippen LogP contribution in [0.15, 0.2) is 47.6 Å². The van der Waals surface area contributed by atoms with Gasteiger partial charge in [-0.1, -0.05) is 12.1 Å². The molecular weight excluding hydrogens is 373 g/mol. The van der Waals surface area contributed by atoms with Gasteiger partial charge < -0.3 is 9.47 Å². The molecule has 144 valence electrons. The first-order valence-electron chi connectivity index (χ1n) is 8.46. The molecule has 0 bridgehead atoms. The Balaban J connectivity index is 1.68. The monoisotopic (exact) mass is 388 g/mol. The summed E-state index contributed by atoms with van der Waals surface area (Å²) in [5.74, 6) is 0.00761. The zero-order valence-electron chi connectivity index (χ0n) is 14.7. The van der Waals surface area contributed by atoms with E-state index in [9.17, 15) is 13.2 Å². The van der Waals surface area contributed by atoms with Crippen LogP contribution in [-0.4, -0.2) is 28.9 Å². The number of fused-ring (bicyclic) bond motifs is 2. The number of aromatic nitrogens is 2. The Hall–Kier alpha value is -3.36. The maximum atomic E-state index is 13.1. The highest BCUT2D eigenvalue weighted by Crippen LogP contribution is 2.32. The van der Waals surface area contributed by atoms with Gasteiger partial charge in [0.2, 0.25) is 5.82 Å². The molecule has 0 unspecified atom stereocenters. The molecule has 1 N–H and O–H groups in total. The van der Waals surface area contributed by atoms with Gasteiger partial charge in [0.05, 0.1) is 11.2 Å². The third kappa shape index (κ3) is 3.55. The maximum absolute atomic E-state index is 13.1. The first-order chi connectivity index (χ1) is 13.4. The molecule has 0 atom stereocenters. The van der Waals surface area contributed by atoms with Crippen molar-refractivity contribution in [1.82, 2.24) is 9.97 Å². The van der Waals surface area contributed by atoms with Gasteiger partial charge in [-0.05, 0) is 37.3 Å². The molecule has 4 rings (SSSR count). The van der Waals surface area contributed by atoms with E-state index < -0.39 is 12.0 Å². The quantitative estimate of drug-likeness (QED) is 0.537. The summed E-state index contributed by atoms with van der Waals surface area (Å²) in [6.07, 6.45) is -4.66. The van der Waals surface area contributed by atoms with Crippen LogP contribution in [0.4, 0.5) is 19.0 Å². The molecule has 2 heterocycles. The molecule has 0 amide bonds. The van der Waals surface area contributed by atoms with Crippen LogP contribution in [-0.2, 0) is 6.18 Å². The predicted molar refractivity (Wildman–Crippen MR) is 97.8 cm³/mol. The van der Waals surface area contributed by atoms with Gasteiger partial charge in [-0.3, -0.25) is 5.43 Å². The molecule has 0 saturated carbocycles. The maximum Gasteiger partial charge on any atom is 0.451 e. The summed E-state index contributed by atoms with van der Waals surface area (Å²) in [5.41, 5.74) is 4.11. The summed E-state index contributed by atoms with van der Waals surface area (Å²) in [4.78, 5) is 7.19. The van der Waals surface area contributed by atoms with Crippen LogP contribution in [0.5, 0.6) is 11.5 Å². The molecule has 9 heteroatoms. The number of alkyl halides is 3. The van der Waals surface area contributed by atoms with Crippen molar-refractivity contribution < 1.29 is 22.6 Å². The molecular formula is C19H15F3N4O2. The average Bonchev–Trinajstić information content (AvgIpc) is 2.70. The smallest absolute Gasteiger partial charge is 0.451 e. The molecule has 0 aliphatic carbocycles. The Morgan fingerprint density at radius 3 is 2.57 bits per heavy atom. The SMILES string of the molecule is C/C(=N/Nc1nc(C(F)(F)F)nc2ccccc12)c1ccc2c(c1)OCCO2. The minimum absolute atomic E-state index is 0.0187. The third-order valence-electron chi connectivity index (χ3n) is 4.15. The number of halogens is 3. The van der Waals surface area contributed by atoms with E-state index in [-0.39, 0.29) is 11.3 Å². The van der Waals surface area contributed by atoms with Gasteiger partial charge in [0.15, 0.2) is 17.3 Å². The van der Waals surface area contributed by atoms with Crippen molar-refractivity contribution in [2.75, 3.05) is 18.6 Å². The van der Waals surface area contributed by atoms with Gasteiger partial charge in [0.1, 0.15) is 13.2 Å². The summed E-state index contributed by atoms with van der Waals surface area (Å²) < 4.78 is 50.3. The minimum Gasteiger partial charge on any atom is -0.486 e. The number of ether oxygens (including phenoxy) is 2. The molecule has 0 radical (unpaired) electrons. The lowest BCUT2D eigenvalue weighted by Gasteiger charge is -2.18. The van der Waals surface area contributed by atoms with Crippen molar-refractivity contribution in [3.05, 3.63) is 53.9 Å². The van der Waals surface area contributed by atoms with E-state index in [2.05, 4.69) is 20.5 Å². The molecule has 1 aromatic heterocycles. The van der Waals surface area contributed by atoms with Crippen LogP contribution in [0.3, 0.4) is 0 Å². The molecule has 1 aliphatic heterocycles. The van der Waals surface area contributed by atoms with Crippen LogP contribution in [0.2, 0.25) is 0 Å². The van der Waals surface area contributed by atoms with E-state index in [1.807, 2.05) is 0 Å². The normalized spacial score (nSPS) is 14.2. The lowest BCUT2D eigenvalue weighted by molar-refractivity contribution is -0.144. The average molecular weight is 388 g/mol. The van der Waals surface area contributed by atoms with E-state index >= 15 is 0 Å². The van der Waals surface area contributed by atoms with Crippen molar-refractivity contribution in [2.45, 2.75) is 13.1 Å². The van der Waals surface area contributed by atoms with E-state index in [1.54, 1.807) is 43.3 Å². The van der Waals surface area contributed by atoms with E-state index in [0.29, 0.717) is 35.8 Å². The molecule has 0 spiro atoms. The van der Waals surface area contributed by atoms with Gasteiger partial charge in [0.25, 0.3) is 0 Å². The number of nitrogens with zero attached hydrogens (tertiary/aromatic N) is 3. The molecule has 28 heavy (non-hydrogen) atoms. The van der Waals surface area contributed by atoms with Gasteiger partial charge in [-0.15, -0.1) is 0 Å². The fraction of sp³-hybridized carbons (Fsp3) is 0.211. The van der Waals surface area contributed by atoms with Crippen LogP contribution < -0.4 is 14.9 Å². The second-order valence-electron chi connectivity index (χ2n) is 6.08. The number of nitrogens with one attached hydrogen (secondary N) is 1. The largest absolute Gasteiger partial charge is 0.486 e. The van der Waals surface area contributed by atoms with Crippen LogP contribution in [0.1, 0.15) is 18.3 Å². The molecule has 3 aromatic rings. The Bertz CT molecular complexity index is 1070. The lowest BCUT2D eigenvalue weighted by atomic mass is 10.1. The molecule has 1 aliphatic rings. The van der Waals surface area contributed by atoms with Gasteiger partial charge in [0, 0.05) is 10.9 Å². The van der Waals surface area contributed by atoms with E-state index in [0.717, 1.165) is 5.56 Å². The minimum atomic E-state index is -4.66. The first kappa shape index (κ1) is 18.0. The summed E-state index contributed by atoms with van der Waals surface area (Å²) in [5, 5.41) is 4.64. The number of hydrazone groups is 1. The first-order valence-corrected chi connectivity index (χ1v) is 8.46. The van der Waals surface area contributed by atoms with Crippen molar-refractivity contribution >= 4 is 22.4 Å². The lowest BCUT2D eigenvalue weighted by Crippen LogP contribution is -2.15. The van der Waals surface area contributed by atoms with Gasteiger partial charge in [-0.25, -0.2) is 9.97 Å². The molecule has 6 nitrogen and oxygen atoms in total. The number of para-hydroxylation sites is 1. The van der Waals surface area contributed by atoms with Crippen molar-refractivity contribution in [3.8, 4) is 11.5 Å². The highest BCUT2D eigenvalue weighted by Gasteiger charge is 2.35. The molecule has 2 aromatic carbocycles. The van der Waals surface area contributed by atoms with Gasteiger partial charge in [-0.2, -0.15) is 18.3 Å². The number of hydrogen-bond acceptors (Lipinski definition) is 6. The van der Waals surface area contributed by atoms with Gasteiger partial charge >= 0.3 is 6.18 Å². The molecule has 0 fully saturated rings. The highest BCUT2D eigenvalue weighted by atomic mass is 19.4. The van der Waals surface area contributed by atoms with Crippen molar-refractivity contribution in [3.63, 3.8) is 0 Å². The number of rotatable bonds is 3. The predicted octanol–water partition coefficient (Wildman–Crippen LogP) is 4.26. The standard InChI is InChI=1S/C19H15F3N4O2/c1-11(12-6-7-15-16(10-12)28-9-8-27-15)25-26-17-13-4-2-3-5-14(13)23-18(24-17)19(20,21)22/h2-7,10H,8-9H2,1H3,(H,23,24,26)/b25-11-. The van der Waals surface area contributed by atoms with Crippen molar-refractivity contribution in [2.24, 2.45) is 5.10 Å². The number of hydrogen-bond donors (Lipinski definition) is 1. The topological polar surface area (TPSA) is 68.6 Å². The van der Waals surface area contributed by atoms with Crippen molar-refractivity contribution in [1.29, 1.82) is 0 Å². The zero-order valence-corrected chi connectivity index (χ0v) is 14.7. The Kier molecular flexibility index (Phi) is 4.50. The van der Waals surface area contributed by atoms with E-state index in [4.69, 9.17) is 9.47 Å².